The van der Waals surface area contributed by atoms with Gasteiger partial charge in [-0.05, 0) is 29.8 Å². The van der Waals surface area contributed by atoms with Crippen molar-refractivity contribution < 1.29 is 9.53 Å². The second-order valence-electron chi connectivity index (χ2n) is 3.83. The second-order valence-corrected chi connectivity index (χ2v) is 3.83. The highest BCUT2D eigenvalue weighted by molar-refractivity contribution is 5.99. The molecule has 15 heavy (non-hydrogen) atoms. The van der Waals surface area contributed by atoms with E-state index in [1.807, 2.05) is 43.3 Å². The van der Waals surface area contributed by atoms with E-state index in [0.29, 0.717) is 5.56 Å². The Hall–Kier alpha value is -1.83. The average Bonchev–Trinajstić information content (AvgIpc) is 2.52. The quantitative estimate of drug-likeness (QED) is 0.608. The molecule has 0 saturated carbocycles. The molecule has 0 bridgehead atoms. The van der Waals surface area contributed by atoms with E-state index in [4.69, 9.17) is 4.74 Å². The monoisotopic (exact) mass is 198 g/mol. The average molecular weight is 198 g/mol. The number of cyclic esters (lactones) is 1. The molecule has 2 heteroatoms. The summed E-state index contributed by atoms with van der Waals surface area (Å²) in [5.74, 6) is -0.205. The Morgan fingerprint density at radius 3 is 2.53 bits per heavy atom. The molecule has 0 aliphatic carbocycles. The van der Waals surface area contributed by atoms with Crippen molar-refractivity contribution in [1.82, 2.24) is 0 Å². The summed E-state index contributed by atoms with van der Waals surface area (Å²) >= 11 is 0. The maximum Gasteiger partial charge on any atom is 0.339 e. The van der Waals surface area contributed by atoms with E-state index in [-0.39, 0.29) is 12.1 Å². The highest BCUT2D eigenvalue weighted by Crippen LogP contribution is 2.33. The summed E-state index contributed by atoms with van der Waals surface area (Å²) in [7, 11) is 0. The molecule has 0 radical (unpaired) electrons. The van der Waals surface area contributed by atoms with Crippen LogP contribution in [0.5, 0.6) is 0 Å². The SMILES string of the molecule is CC1OC(=O)c2cc3ccccc3cc21. The molecular formula is C13H10O2. The van der Waals surface area contributed by atoms with Crippen molar-refractivity contribution in [3.8, 4) is 0 Å². The molecule has 1 heterocycles. The minimum atomic E-state index is -0.205. The van der Waals surface area contributed by atoms with Crippen molar-refractivity contribution >= 4 is 16.7 Å². The van der Waals surface area contributed by atoms with Crippen molar-refractivity contribution in [3.63, 3.8) is 0 Å². The standard InChI is InChI=1S/C13H10O2/c1-8-11-6-9-4-2-3-5-10(9)7-12(11)13(14)15-8/h2-8H,1H3. The predicted molar refractivity (Wildman–Crippen MR) is 57.8 cm³/mol. The molecule has 3 rings (SSSR count). The summed E-state index contributed by atoms with van der Waals surface area (Å²) in [6.45, 7) is 1.90. The zero-order valence-corrected chi connectivity index (χ0v) is 8.36. The molecule has 0 aromatic heterocycles. The van der Waals surface area contributed by atoms with Crippen LogP contribution in [0.1, 0.15) is 28.9 Å². The van der Waals surface area contributed by atoms with Gasteiger partial charge >= 0.3 is 5.97 Å². The van der Waals surface area contributed by atoms with Gasteiger partial charge in [0.15, 0.2) is 0 Å². The first-order valence-electron chi connectivity index (χ1n) is 4.99. The molecule has 1 aliphatic rings. The van der Waals surface area contributed by atoms with Crippen LogP contribution < -0.4 is 0 Å². The van der Waals surface area contributed by atoms with Gasteiger partial charge in [0.25, 0.3) is 0 Å². The summed E-state index contributed by atoms with van der Waals surface area (Å²) in [5, 5.41) is 2.24. The smallest absolute Gasteiger partial charge is 0.339 e. The van der Waals surface area contributed by atoms with Gasteiger partial charge in [0.2, 0.25) is 0 Å². The molecule has 2 aromatic rings. The fraction of sp³-hybridized carbons (Fsp3) is 0.154. The third-order valence-corrected chi connectivity index (χ3v) is 2.86. The van der Waals surface area contributed by atoms with Crippen LogP contribution in [0.2, 0.25) is 0 Å². The lowest BCUT2D eigenvalue weighted by Gasteiger charge is -2.03. The van der Waals surface area contributed by atoms with E-state index < -0.39 is 0 Å². The highest BCUT2D eigenvalue weighted by atomic mass is 16.5. The molecule has 74 valence electrons. The molecule has 0 saturated heterocycles. The predicted octanol–water partition coefficient (Wildman–Crippen LogP) is 3.07. The van der Waals surface area contributed by atoms with Gasteiger partial charge in [-0.25, -0.2) is 4.79 Å². The molecule has 0 spiro atoms. The minimum Gasteiger partial charge on any atom is -0.454 e. The number of esters is 1. The first kappa shape index (κ1) is 8.48. The van der Waals surface area contributed by atoms with Crippen LogP contribution in [0.15, 0.2) is 36.4 Å². The third kappa shape index (κ3) is 1.14. The van der Waals surface area contributed by atoms with Crippen molar-refractivity contribution in [1.29, 1.82) is 0 Å². The molecule has 0 fully saturated rings. The van der Waals surface area contributed by atoms with Crippen LogP contribution in [0.25, 0.3) is 10.8 Å². The minimum absolute atomic E-state index is 0.114. The van der Waals surface area contributed by atoms with Gasteiger partial charge in [-0.15, -0.1) is 0 Å². The Morgan fingerprint density at radius 1 is 1.13 bits per heavy atom. The molecule has 2 nitrogen and oxygen atoms in total. The fourth-order valence-corrected chi connectivity index (χ4v) is 2.06. The Morgan fingerprint density at radius 2 is 1.80 bits per heavy atom. The maximum atomic E-state index is 11.5. The number of hydrogen-bond donors (Lipinski definition) is 0. The molecule has 1 atom stereocenters. The number of hydrogen-bond acceptors (Lipinski definition) is 2. The zero-order chi connectivity index (χ0) is 10.4. The molecule has 2 aromatic carbocycles. The summed E-state index contributed by atoms with van der Waals surface area (Å²) < 4.78 is 5.16. The van der Waals surface area contributed by atoms with Crippen LogP contribution in [0.3, 0.4) is 0 Å². The molecule has 0 amide bonds. The van der Waals surface area contributed by atoms with Gasteiger partial charge in [-0.1, -0.05) is 24.3 Å². The largest absolute Gasteiger partial charge is 0.454 e. The van der Waals surface area contributed by atoms with Gasteiger partial charge in [0.1, 0.15) is 6.10 Å². The van der Waals surface area contributed by atoms with Crippen LogP contribution in [0, 0.1) is 0 Å². The van der Waals surface area contributed by atoms with E-state index in [1.54, 1.807) is 0 Å². The molecular weight excluding hydrogens is 188 g/mol. The maximum absolute atomic E-state index is 11.5. The van der Waals surface area contributed by atoms with Crippen LogP contribution in [-0.2, 0) is 4.74 Å². The number of benzene rings is 2. The van der Waals surface area contributed by atoms with Crippen LogP contribution >= 0.6 is 0 Å². The first-order valence-corrected chi connectivity index (χ1v) is 4.99. The summed E-state index contributed by atoms with van der Waals surface area (Å²) in [6.07, 6.45) is -0.114. The molecule has 1 aliphatic heterocycles. The lowest BCUT2D eigenvalue weighted by atomic mass is 10.00. The lowest BCUT2D eigenvalue weighted by molar-refractivity contribution is 0.0422. The van der Waals surface area contributed by atoms with Crippen molar-refractivity contribution in [2.75, 3.05) is 0 Å². The van der Waals surface area contributed by atoms with E-state index in [2.05, 4.69) is 0 Å². The molecule has 0 N–H and O–H groups in total. The number of carbonyl (C=O) groups excluding carboxylic acids is 1. The first-order chi connectivity index (χ1) is 7.25. The lowest BCUT2D eigenvalue weighted by Crippen LogP contribution is -1.94. The van der Waals surface area contributed by atoms with Gasteiger partial charge in [0, 0.05) is 5.56 Å². The van der Waals surface area contributed by atoms with Crippen molar-refractivity contribution in [2.45, 2.75) is 13.0 Å². The Bertz CT molecular complexity index is 557. The van der Waals surface area contributed by atoms with E-state index in [0.717, 1.165) is 16.3 Å². The van der Waals surface area contributed by atoms with Crippen molar-refractivity contribution in [2.24, 2.45) is 0 Å². The second kappa shape index (κ2) is 2.83. The normalized spacial score (nSPS) is 19.0. The zero-order valence-electron chi connectivity index (χ0n) is 8.36. The van der Waals surface area contributed by atoms with Crippen LogP contribution in [0.4, 0.5) is 0 Å². The number of carbonyl (C=O) groups is 1. The van der Waals surface area contributed by atoms with E-state index in [1.165, 1.54) is 0 Å². The van der Waals surface area contributed by atoms with Gasteiger partial charge in [-0.2, -0.15) is 0 Å². The van der Waals surface area contributed by atoms with Gasteiger partial charge in [-0.3, -0.25) is 0 Å². The summed E-state index contributed by atoms with van der Waals surface area (Å²) in [6, 6.07) is 12.0. The number of rotatable bonds is 0. The number of ether oxygens (including phenoxy) is 1. The van der Waals surface area contributed by atoms with Crippen LogP contribution in [-0.4, -0.2) is 5.97 Å². The topological polar surface area (TPSA) is 26.3 Å². The Balaban J connectivity index is 2.36. The highest BCUT2D eigenvalue weighted by Gasteiger charge is 2.27. The number of fused-ring (bicyclic) bond motifs is 2. The van der Waals surface area contributed by atoms with Gasteiger partial charge < -0.3 is 4.74 Å². The molecule has 1 unspecified atom stereocenters. The third-order valence-electron chi connectivity index (χ3n) is 2.86. The van der Waals surface area contributed by atoms with Crippen molar-refractivity contribution in [3.05, 3.63) is 47.5 Å². The Kier molecular flexibility index (Phi) is 1.60. The summed E-state index contributed by atoms with van der Waals surface area (Å²) in [5.41, 5.74) is 1.71. The van der Waals surface area contributed by atoms with E-state index in [9.17, 15) is 4.79 Å². The van der Waals surface area contributed by atoms with E-state index >= 15 is 0 Å². The fourth-order valence-electron chi connectivity index (χ4n) is 2.06. The Labute approximate surface area is 87.5 Å². The summed E-state index contributed by atoms with van der Waals surface area (Å²) in [4.78, 5) is 11.5. The van der Waals surface area contributed by atoms with Gasteiger partial charge in [0.05, 0.1) is 5.56 Å².